The lowest BCUT2D eigenvalue weighted by atomic mass is 10.1. The third kappa shape index (κ3) is 3.32. The van der Waals surface area contributed by atoms with Gasteiger partial charge in [0.15, 0.2) is 0 Å². The Bertz CT molecular complexity index is 585. The second-order valence-corrected chi connectivity index (χ2v) is 4.38. The maximum atomic E-state index is 9.01. The third-order valence-electron chi connectivity index (χ3n) is 3.00. The van der Waals surface area contributed by atoms with Crippen molar-refractivity contribution in [2.24, 2.45) is 0 Å². The number of anilines is 1. The molecule has 96 valence electrons. The Morgan fingerprint density at radius 3 is 2.74 bits per heavy atom. The number of pyridine rings is 1. The Morgan fingerprint density at radius 2 is 1.95 bits per heavy atom. The number of nitrogens with zero attached hydrogens (tertiary/aromatic N) is 2. The summed E-state index contributed by atoms with van der Waals surface area (Å²) in [7, 11) is 0. The van der Waals surface area contributed by atoms with Crippen molar-refractivity contribution in [3.63, 3.8) is 0 Å². The van der Waals surface area contributed by atoms with Crippen molar-refractivity contribution in [3.8, 4) is 6.07 Å². The number of hydrogen-bond donors (Lipinski definition) is 1. The van der Waals surface area contributed by atoms with Crippen LogP contribution in [0, 0.1) is 11.3 Å². The standard InChI is InChI=1S/C16H17N3/c1-2-6-13-7-3-4-9-15(13)19-12-14-8-5-10-18-16(14)11-17/h3-5,7-10,19H,2,6,12H2,1H3. The van der Waals surface area contributed by atoms with Crippen LogP contribution < -0.4 is 5.32 Å². The topological polar surface area (TPSA) is 48.7 Å². The van der Waals surface area contributed by atoms with E-state index in [-0.39, 0.29) is 0 Å². The van der Waals surface area contributed by atoms with Crippen LogP contribution in [0.5, 0.6) is 0 Å². The smallest absolute Gasteiger partial charge is 0.145 e. The highest BCUT2D eigenvalue weighted by Crippen LogP contribution is 2.18. The van der Waals surface area contributed by atoms with Crippen LogP contribution >= 0.6 is 0 Å². The van der Waals surface area contributed by atoms with E-state index in [4.69, 9.17) is 5.26 Å². The number of hydrogen-bond acceptors (Lipinski definition) is 3. The van der Waals surface area contributed by atoms with E-state index in [1.54, 1.807) is 6.20 Å². The minimum absolute atomic E-state index is 0.489. The van der Waals surface area contributed by atoms with Gasteiger partial charge < -0.3 is 5.32 Å². The van der Waals surface area contributed by atoms with Gasteiger partial charge in [-0.15, -0.1) is 0 Å². The van der Waals surface area contributed by atoms with Gasteiger partial charge in [0.1, 0.15) is 11.8 Å². The molecule has 0 saturated heterocycles. The summed E-state index contributed by atoms with van der Waals surface area (Å²) < 4.78 is 0. The maximum absolute atomic E-state index is 9.01. The van der Waals surface area contributed by atoms with Gasteiger partial charge in [-0.25, -0.2) is 4.98 Å². The first kappa shape index (κ1) is 13.1. The summed E-state index contributed by atoms with van der Waals surface area (Å²) in [5.41, 5.74) is 3.86. The first-order valence-electron chi connectivity index (χ1n) is 6.51. The van der Waals surface area contributed by atoms with Gasteiger partial charge in [0.05, 0.1) is 0 Å². The van der Waals surface area contributed by atoms with Crippen LogP contribution in [0.25, 0.3) is 0 Å². The molecule has 2 rings (SSSR count). The van der Waals surface area contributed by atoms with Crippen molar-refractivity contribution >= 4 is 5.69 Å². The molecule has 1 aromatic heterocycles. The summed E-state index contributed by atoms with van der Waals surface area (Å²) in [6, 6.07) is 14.2. The first-order valence-corrected chi connectivity index (χ1v) is 6.51. The molecule has 2 aromatic rings. The predicted octanol–water partition coefficient (Wildman–Crippen LogP) is 3.52. The minimum Gasteiger partial charge on any atom is -0.381 e. The zero-order chi connectivity index (χ0) is 13.5. The number of nitrogens with one attached hydrogen (secondary N) is 1. The quantitative estimate of drug-likeness (QED) is 0.884. The molecule has 0 unspecified atom stereocenters. The minimum atomic E-state index is 0.489. The van der Waals surface area contributed by atoms with Crippen LogP contribution in [0.1, 0.15) is 30.2 Å². The van der Waals surface area contributed by atoms with Crippen LogP contribution in [0.3, 0.4) is 0 Å². The van der Waals surface area contributed by atoms with Gasteiger partial charge in [-0.2, -0.15) is 5.26 Å². The fourth-order valence-electron chi connectivity index (χ4n) is 2.05. The van der Waals surface area contributed by atoms with E-state index < -0.39 is 0 Å². The molecule has 0 fully saturated rings. The molecule has 0 aliphatic rings. The Kier molecular flexibility index (Phi) is 4.52. The summed E-state index contributed by atoms with van der Waals surface area (Å²) in [5, 5.41) is 12.4. The lowest BCUT2D eigenvalue weighted by Crippen LogP contribution is -2.04. The molecule has 19 heavy (non-hydrogen) atoms. The molecule has 0 radical (unpaired) electrons. The van der Waals surface area contributed by atoms with Crippen LogP contribution in [0.15, 0.2) is 42.6 Å². The van der Waals surface area contributed by atoms with Gasteiger partial charge >= 0.3 is 0 Å². The highest BCUT2D eigenvalue weighted by atomic mass is 14.9. The zero-order valence-corrected chi connectivity index (χ0v) is 11.1. The van der Waals surface area contributed by atoms with Gasteiger partial charge in [-0.3, -0.25) is 0 Å². The molecule has 0 amide bonds. The molecule has 0 aliphatic carbocycles. The SMILES string of the molecule is CCCc1ccccc1NCc1cccnc1C#N. The maximum Gasteiger partial charge on any atom is 0.145 e. The summed E-state index contributed by atoms with van der Waals surface area (Å²) >= 11 is 0. The van der Waals surface area contributed by atoms with Crippen molar-refractivity contribution in [3.05, 3.63) is 59.4 Å². The predicted molar refractivity (Wildman–Crippen MR) is 76.7 cm³/mol. The van der Waals surface area contributed by atoms with Gasteiger partial charge in [-0.1, -0.05) is 37.6 Å². The summed E-state index contributed by atoms with van der Waals surface area (Å²) in [5.74, 6) is 0. The normalized spacial score (nSPS) is 9.89. The molecular formula is C16H17N3. The fourth-order valence-corrected chi connectivity index (χ4v) is 2.05. The second kappa shape index (κ2) is 6.55. The Hall–Kier alpha value is -2.34. The largest absolute Gasteiger partial charge is 0.381 e. The Morgan fingerprint density at radius 1 is 1.16 bits per heavy atom. The molecule has 1 N–H and O–H groups in total. The molecule has 0 aliphatic heterocycles. The molecule has 1 heterocycles. The van der Waals surface area contributed by atoms with Gasteiger partial charge in [0.2, 0.25) is 0 Å². The molecule has 0 spiro atoms. The third-order valence-corrected chi connectivity index (χ3v) is 3.00. The number of aryl methyl sites for hydroxylation is 1. The fraction of sp³-hybridized carbons (Fsp3) is 0.250. The summed E-state index contributed by atoms with van der Waals surface area (Å²) in [4.78, 5) is 4.07. The van der Waals surface area contributed by atoms with E-state index in [1.165, 1.54) is 5.56 Å². The van der Waals surface area contributed by atoms with Crippen molar-refractivity contribution in [1.82, 2.24) is 4.98 Å². The monoisotopic (exact) mass is 251 g/mol. The Balaban J connectivity index is 2.13. The van der Waals surface area contributed by atoms with E-state index in [0.717, 1.165) is 24.1 Å². The summed E-state index contributed by atoms with van der Waals surface area (Å²) in [6.45, 7) is 2.79. The molecule has 1 aromatic carbocycles. The zero-order valence-electron chi connectivity index (χ0n) is 11.1. The van der Waals surface area contributed by atoms with E-state index in [1.807, 2.05) is 18.2 Å². The molecule has 0 saturated carbocycles. The number of rotatable bonds is 5. The molecular weight excluding hydrogens is 234 g/mol. The number of aromatic nitrogens is 1. The van der Waals surface area contributed by atoms with Crippen molar-refractivity contribution in [1.29, 1.82) is 5.26 Å². The van der Waals surface area contributed by atoms with Crippen molar-refractivity contribution in [2.45, 2.75) is 26.3 Å². The Labute approximate surface area is 113 Å². The van der Waals surface area contributed by atoms with Crippen molar-refractivity contribution < 1.29 is 0 Å². The van der Waals surface area contributed by atoms with E-state index in [9.17, 15) is 0 Å². The van der Waals surface area contributed by atoms with Crippen LogP contribution in [0.2, 0.25) is 0 Å². The first-order chi connectivity index (χ1) is 9.35. The van der Waals surface area contributed by atoms with Crippen LogP contribution in [-0.2, 0) is 13.0 Å². The molecule has 3 heteroatoms. The number of benzene rings is 1. The van der Waals surface area contributed by atoms with Gasteiger partial charge in [-0.05, 0) is 24.1 Å². The van der Waals surface area contributed by atoms with Crippen LogP contribution in [0.4, 0.5) is 5.69 Å². The molecule has 0 bridgehead atoms. The average molecular weight is 251 g/mol. The lowest BCUT2D eigenvalue weighted by molar-refractivity contribution is 0.919. The summed E-state index contributed by atoms with van der Waals surface area (Å²) in [6.07, 6.45) is 3.82. The molecule has 3 nitrogen and oxygen atoms in total. The second-order valence-electron chi connectivity index (χ2n) is 4.38. The average Bonchev–Trinajstić information content (AvgIpc) is 2.47. The van der Waals surface area contributed by atoms with E-state index in [0.29, 0.717) is 12.2 Å². The van der Waals surface area contributed by atoms with Crippen LogP contribution in [-0.4, -0.2) is 4.98 Å². The van der Waals surface area contributed by atoms with Gasteiger partial charge in [0.25, 0.3) is 0 Å². The van der Waals surface area contributed by atoms with Crippen molar-refractivity contribution in [2.75, 3.05) is 5.32 Å². The highest BCUT2D eigenvalue weighted by molar-refractivity contribution is 5.52. The number of para-hydroxylation sites is 1. The lowest BCUT2D eigenvalue weighted by Gasteiger charge is -2.11. The van der Waals surface area contributed by atoms with E-state index in [2.05, 4.69) is 41.5 Å². The highest BCUT2D eigenvalue weighted by Gasteiger charge is 2.04. The van der Waals surface area contributed by atoms with Gasteiger partial charge in [0, 0.05) is 24.0 Å². The number of nitriles is 1. The molecule has 0 atom stereocenters. The van der Waals surface area contributed by atoms with E-state index >= 15 is 0 Å².